The van der Waals surface area contributed by atoms with E-state index in [0.717, 1.165) is 19.6 Å². The summed E-state index contributed by atoms with van der Waals surface area (Å²) in [6.07, 6.45) is 0.222. The normalized spacial score (nSPS) is 9.31. The summed E-state index contributed by atoms with van der Waals surface area (Å²) in [5.74, 6) is -0.942. The fourth-order valence-corrected chi connectivity index (χ4v) is 0.858. The topological polar surface area (TPSA) is 66.8 Å². The van der Waals surface area contributed by atoms with Crippen LogP contribution in [0.15, 0.2) is 0 Å². The molecule has 0 saturated carbocycles. The molecule has 0 amide bonds. The second-order valence-electron chi connectivity index (χ2n) is 3.11. The Morgan fingerprint density at radius 1 is 1.19 bits per heavy atom. The first kappa shape index (κ1) is 17.3. The Hall–Kier alpha value is -1.10. The highest BCUT2D eigenvalue weighted by Crippen LogP contribution is 1.86. The molecule has 0 bridgehead atoms. The summed E-state index contributed by atoms with van der Waals surface area (Å²) in [4.78, 5) is 21.9. The molecule has 0 aliphatic rings. The maximum atomic E-state index is 10.4. The minimum atomic E-state index is -0.745. The molecule has 0 rings (SSSR count). The van der Waals surface area contributed by atoms with Crippen LogP contribution in [0.2, 0.25) is 0 Å². The number of carbonyl (C=O) groups excluding carboxylic acids is 1. The number of hydrogen-bond donors (Lipinski definition) is 1. The van der Waals surface area contributed by atoms with Crippen LogP contribution in [0.1, 0.15) is 34.1 Å². The SMILES string of the molecule is CCC(=O)O.CCN(CC)CCOC(C)=O. The Kier molecular flexibility index (Phi) is 12.9. The molecule has 0 aliphatic heterocycles. The smallest absolute Gasteiger partial charge is 0.303 e. The number of likely N-dealkylation sites (N-methyl/N-ethyl adjacent to an activating group) is 1. The number of nitrogens with zero attached hydrogens (tertiary/aromatic N) is 1. The van der Waals surface area contributed by atoms with Gasteiger partial charge in [0.15, 0.2) is 0 Å². The van der Waals surface area contributed by atoms with Crippen molar-refractivity contribution in [1.29, 1.82) is 0 Å². The first-order chi connectivity index (χ1) is 7.47. The second-order valence-corrected chi connectivity index (χ2v) is 3.11. The summed E-state index contributed by atoms with van der Waals surface area (Å²) in [5, 5.41) is 7.72. The van der Waals surface area contributed by atoms with E-state index in [9.17, 15) is 9.59 Å². The first-order valence-corrected chi connectivity index (χ1v) is 5.55. The summed E-state index contributed by atoms with van der Waals surface area (Å²) in [6.45, 7) is 10.6. The molecule has 0 aliphatic carbocycles. The monoisotopic (exact) mass is 233 g/mol. The standard InChI is InChI=1S/C8H17NO2.C3H6O2/c1-4-9(5-2)6-7-11-8(3)10;1-2-3(4)5/h4-7H2,1-3H3;2H2,1H3,(H,4,5). The number of carbonyl (C=O) groups is 2. The van der Waals surface area contributed by atoms with E-state index in [-0.39, 0.29) is 12.4 Å². The minimum Gasteiger partial charge on any atom is -0.481 e. The van der Waals surface area contributed by atoms with Gasteiger partial charge >= 0.3 is 11.9 Å². The van der Waals surface area contributed by atoms with E-state index in [1.807, 2.05) is 0 Å². The molecular formula is C11H23NO4. The van der Waals surface area contributed by atoms with Crippen LogP contribution in [-0.4, -0.2) is 48.2 Å². The molecule has 0 fully saturated rings. The Morgan fingerprint density at radius 2 is 1.62 bits per heavy atom. The zero-order valence-corrected chi connectivity index (χ0v) is 10.7. The lowest BCUT2D eigenvalue weighted by atomic mass is 10.5. The Labute approximate surface area is 97.4 Å². The van der Waals surface area contributed by atoms with E-state index < -0.39 is 5.97 Å². The van der Waals surface area contributed by atoms with Crippen molar-refractivity contribution in [2.75, 3.05) is 26.2 Å². The van der Waals surface area contributed by atoms with Gasteiger partial charge in [-0.25, -0.2) is 0 Å². The molecule has 5 nitrogen and oxygen atoms in total. The van der Waals surface area contributed by atoms with E-state index in [1.54, 1.807) is 6.92 Å². The van der Waals surface area contributed by atoms with Crippen molar-refractivity contribution in [3.8, 4) is 0 Å². The Balaban J connectivity index is 0. The number of aliphatic carboxylic acids is 1. The maximum absolute atomic E-state index is 10.4. The van der Waals surface area contributed by atoms with E-state index in [1.165, 1.54) is 6.92 Å². The average molecular weight is 233 g/mol. The van der Waals surface area contributed by atoms with Crippen LogP contribution in [0.25, 0.3) is 0 Å². The van der Waals surface area contributed by atoms with Crippen molar-refractivity contribution in [2.45, 2.75) is 34.1 Å². The van der Waals surface area contributed by atoms with Crippen LogP contribution >= 0.6 is 0 Å². The van der Waals surface area contributed by atoms with Crippen molar-refractivity contribution in [2.24, 2.45) is 0 Å². The highest BCUT2D eigenvalue weighted by atomic mass is 16.5. The molecule has 1 N–H and O–H groups in total. The van der Waals surface area contributed by atoms with Gasteiger partial charge < -0.3 is 14.7 Å². The van der Waals surface area contributed by atoms with Gasteiger partial charge in [0.2, 0.25) is 0 Å². The number of esters is 1. The van der Waals surface area contributed by atoms with Gasteiger partial charge in [-0.2, -0.15) is 0 Å². The minimum absolute atomic E-state index is 0.197. The van der Waals surface area contributed by atoms with Crippen LogP contribution in [-0.2, 0) is 14.3 Å². The molecule has 0 aromatic heterocycles. The molecule has 0 radical (unpaired) electrons. The molecule has 5 heteroatoms. The van der Waals surface area contributed by atoms with Crippen molar-refractivity contribution in [3.63, 3.8) is 0 Å². The van der Waals surface area contributed by atoms with Crippen LogP contribution in [0.5, 0.6) is 0 Å². The lowest BCUT2D eigenvalue weighted by Crippen LogP contribution is -2.27. The van der Waals surface area contributed by atoms with Crippen molar-refractivity contribution in [1.82, 2.24) is 4.90 Å². The van der Waals surface area contributed by atoms with E-state index >= 15 is 0 Å². The summed E-state index contributed by atoms with van der Waals surface area (Å²) in [7, 11) is 0. The Bertz CT molecular complexity index is 190. The summed E-state index contributed by atoms with van der Waals surface area (Å²) >= 11 is 0. The summed E-state index contributed by atoms with van der Waals surface area (Å²) in [6, 6.07) is 0. The number of ether oxygens (including phenoxy) is 1. The van der Waals surface area contributed by atoms with E-state index in [0.29, 0.717) is 6.61 Å². The largest absolute Gasteiger partial charge is 0.481 e. The van der Waals surface area contributed by atoms with Crippen LogP contribution in [0.4, 0.5) is 0 Å². The van der Waals surface area contributed by atoms with Gasteiger partial charge in [0.05, 0.1) is 0 Å². The molecule has 0 unspecified atom stereocenters. The molecule has 0 heterocycles. The number of carboxylic acids is 1. The fourth-order valence-electron chi connectivity index (χ4n) is 0.858. The molecular weight excluding hydrogens is 210 g/mol. The van der Waals surface area contributed by atoms with Gasteiger partial charge in [-0.05, 0) is 13.1 Å². The zero-order chi connectivity index (χ0) is 13.0. The van der Waals surface area contributed by atoms with Crippen LogP contribution in [0.3, 0.4) is 0 Å². The first-order valence-electron chi connectivity index (χ1n) is 5.55. The predicted molar refractivity (Wildman–Crippen MR) is 62.3 cm³/mol. The average Bonchev–Trinajstić information content (AvgIpc) is 2.25. The van der Waals surface area contributed by atoms with Crippen molar-refractivity contribution < 1.29 is 19.4 Å². The van der Waals surface area contributed by atoms with E-state index in [2.05, 4.69) is 18.7 Å². The Morgan fingerprint density at radius 3 is 1.88 bits per heavy atom. The lowest BCUT2D eigenvalue weighted by molar-refractivity contribution is -0.141. The van der Waals surface area contributed by atoms with Gasteiger partial charge in [0, 0.05) is 19.9 Å². The predicted octanol–water partition coefficient (Wildman–Crippen LogP) is 1.37. The lowest BCUT2D eigenvalue weighted by Gasteiger charge is -2.16. The van der Waals surface area contributed by atoms with Crippen LogP contribution in [0, 0.1) is 0 Å². The summed E-state index contributed by atoms with van der Waals surface area (Å²) in [5.41, 5.74) is 0. The number of carboxylic acid groups (broad SMARTS) is 1. The molecule has 0 aromatic rings. The second kappa shape index (κ2) is 12.0. The molecule has 16 heavy (non-hydrogen) atoms. The number of hydrogen-bond acceptors (Lipinski definition) is 4. The molecule has 96 valence electrons. The fraction of sp³-hybridized carbons (Fsp3) is 0.818. The molecule has 0 spiro atoms. The zero-order valence-electron chi connectivity index (χ0n) is 10.7. The quantitative estimate of drug-likeness (QED) is 0.702. The highest BCUT2D eigenvalue weighted by molar-refractivity contribution is 5.66. The van der Waals surface area contributed by atoms with Gasteiger partial charge in [-0.1, -0.05) is 20.8 Å². The molecule has 0 aromatic carbocycles. The van der Waals surface area contributed by atoms with Crippen molar-refractivity contribution >= 4 is 11.9 Å². The number of rotatable bonds is 6. The molecule has 0 atom stereocenters. The summed E-state index contributed by atoms with van der Waals surface area (Å²) < 4.78 is 4.80. The van der Waals surface area contributed by atoms with Crippen molar-refractivity contribution in [3.05, 3.63) is 0 Å². The molecule has 0 saturated heterocycles. The highest BCUT2D eigenvalue weighted by Gasteiger charge is 1.98. The maximum Gasteiger partial charge on any atom is 0.303 e. The van der Waals surface area contributed by atoms with Gasteiger partial charge in [-0.3, -0.25) is 9.59 Å². The van der Waals surface area contributed by atoms with Gasteiger partial charge in [0.1, 0.15) is 6.61 Å². The van der Waals surface area contributed by atoms with Gasteiger partial charge in [0.25, 0.3) is 0 Å². The third kappa shape index (κ3) is 15.4. The van der Waals surface area contributed by atoms with Gasteiger partial charge in [-0.15, -0.1) is 0 Å². The third-order valence-corrected chi connectivity index (χ3v) is 1.91. The van der Waals surface area contributed by atoms with E-state index in [4.69, 9.17) is 9.84 Å². The van der Waals surface area contributed by atoms with Crippen LogP contribution < -0.4 is 0 Å². The third-order valence-electron chi connectivity index (χ3n) is 1.91.